The molecule has 0 radical (unpaired) electrons. The zero-order valence-electron chi connectivity index (χ0n) is 13.9. The van der Waals surface area contributed by atoms with Crippen molar-refractivity contribution in [3.63, 3.8) is 0 Å². The molecule has 1 aliphatic heterocycles. The normalized spacial score (nSPS) is 15.8. The number of thioether (sulfide) groups is 1. The molecule has 0 bridgehead atoms. The molecular formula is C19H16FNO4S. The number of aromatic hydroxyl groups is 1. The highest BCUT2D eigenvalue weighted by Crippen LogP contribution is 2.35. The van der Waals surface area contributed by atoms with Gasteiger partial charge in [0.05, 0.1) is 18.1 Å². The van der Waals surface area contributed by atoms with Crippen molar-refractivity contribution >= 4 is 29.0 Å². The van der Waals surface area contributed by atoms with Crippen molar-refractivity contribution in [3.05, 3.63) is 64.3 Å². The molecule has 0 spiro atoms. The van der Waals surface area contributed by atoms with E-state index in [4.69, 9.17) is 4.74 Å². The third-order valence-corrected chi connectivity index (χ3v) is 4.65. The first-order valence-corrected chi connectivity index (χ1v) is 8.76. The van der Waals surface area contributed by atoms with Crippen LogP contribution in [0.15, 0.2) is 47.4 Å². The summed E-state index contributed by atoms with van der Waals surface area (Å²) in [5.74, 6) is -0.645. The maximum atomic E-state index is 13.8. The van der Waals surface area contributed by atoms with Crippen LogP contribution in [-0.4, -0.2) is 27.8 Å². The van der Waals surface area contributed by atoms with E-state index < -0.39 is 17.0 Å². The zero-order valence-corrected chi connectivity index (χ0v) is 14.8. The van der Waals surface area contributed by atoms with Crippen LogP contribution in [0.1, 0.15) is 18.1 Å². The minimum absolute atomic E-state index is 0.00310. The largest absolute Gasteiger partial charge is 0.504 e. The fraction of sp³-hybridized carbons (Fsp3) is 0.158. The lowest BCUT2D eigenvalue weighted by atomic mass is 10.1. The second kappa shape index (κ2) is 7.61. The molecule has 1 fully saturated rings. The summed E-state index contributed by atoms with van der Waals surface area (Å²) in [6.45, 7) is 2.06. The highest BCUT2D eigenvalue weighted by atomic mass is 32.2. The van der Waals surface area contributed by atoms with Gasteiger partial charge in [0.15, 0.2) is 11.5 Å². The SMILES string of the molecule is CCOc1cc(/C=C2/SC(=O)N(Cc3ccccc3F)C2=O)ccc1O. The number of carbonyl (C=O) groups is 2. The van der Waals surface area contributed by atoms with Gasteiger partial charge in [-0.25, -0.2) is 4.39 Å². The molecule has 0 saturated carbocycles. The van der Waals surface area contributed by atoms with Crippen LogP contribution >= 0.6 is 11.8 Å². The van der Waals surface area contributed by atoms with Gasteiger partial charge in [0.1, 0.15) is 5.82 Å². The Kier molecular flexibility index (Phi) is 5.27. The topological polar surface area (TPSA) is 66.8 Å². The van der Waals surface area contributed by atoms with Crippen molar-refractivity contribution in [3.8, 4) is 11.5 Å². The van der Waals surface area contributed by atoms with Gasteiger partial charge < -0.3 is 9.84 Å². The number of imide groups is 1. The van der Waals surface area contributed by atoms with Crippen LogP contribution < -0.4 is 4.74 Å². The number of carbonyl (C=O) groups excluding carboxylic acids is 2. The molecule has 0 aromatic heterocycles. The molecule has 2 amide bonds. The lowest BCUT2D eigenvalue weighted by Crippen LogP contribution is -2.27. The van der Waals surface area contributed by atoms with E-state index in [1.807, 2.05) is 0 Å². The summed E-state index contributed by atoms with van der Waals surface area (Å²) in [6.07, 6.45) is 1.55. The van der Waals surface area contributed by atoms with Crippen molar-refractivity contribution in [1.29, 1.82) is 0 Å². The first-order valence-electron chi connectivity index (χ1n) is 7.94. The Labute approximate surface area is 154 Å². The Morgan fingerprint density at radius 1 is 1.23 bits per heavy atom. The minimum Gasteiger partial charge on any atom is -0.504 e. The number of benzene rings is 2. The molecule has 1 N–H and O–H groups in total. The van der Waals surface area contributed by atoms with Crippen LogP contribution in [0, 0.1) is 5.82 Å². The minimum atomic E-state index is -0.478. The molecular weight excluding hydrogens is 357 g/mol. The Hall–Kier alpha value is -2.80. The van der Waals surface area contributed by atoms with Crippen LogP contribution in [0.2, 0.25) is 0 Å². The van der Waals surface area contributed by atoms with Gasteiger partial charge in [0, 0.05) is 5.56 Å². The summed E-state index contributed by atoms with van der Waals surface area (Å²) < 4.78 is 19.1. The summed E-state index contributed by atoms with van der Waals surface area (Å²) in [5, 5.41) is 9.29. The number of phenolic OH excluding ortho intramolecular Hbond substituents is 1. The van der Waals surface area contributed by atoms with Crippen molar-refractivity contribution < 1.29 is 23.8 Å². The maximum Gasteiger partial charge on any atom is 0.293 e. The number of ether oxygens (including phenoxy) is 1. The number of hydrogen-bond donors (Lipinski definition) is 1. The van der Waals surface area contributed by atoms with Crippen LogP contribution in [0.25, 0.3) is 6.08 Å². The molecule has 5 nitrogen and oxygen atoms in total. The third kappa shape index (κ3) is 3.72. The molecule has 1 aliphatic rings. The number of halogens is 1. The first kappa shape index (κ1) is 18.0. The second-order valence-electron chi connectivity index (χ2n) is 5.52. The molecule has 134 valence electrons. The summed E-state index contributed by atoms with van der Waals surface area (Å²) in [4.78, 5) is 25.9. The Bertz CT molecular complexity index is 897. The van der Waals surface area contributed by atoms with Gasteiger partial charge in [0.2, 0.25) is 0 Å². The van der Waals surface area contributed by atoms with E-state index in [1.165, 1.54) is 18.2 Å². The Morgan fingerprint density at radius 3 is 2.73 bits per heavy atom. The molecule has 0 unspecified atom stereocenters. The Balaban J connectivity index is 1.83. The van der Waals surface area contributed by atoms with Gasteiger partial charge in [0.25, 0.3) is 11.1 Å². The van der Waals surface area contributed by atoms with Crippen molar-refractivity contribution in [1.82, 2.24) is 4.90 Å². The summed E-state index contributed by atoms with van der Waals surface area (Å²) in [6, 6.07) is 10.7. The zero-order chi connectivity index (χ0) is 18.7. The predicted octanol–water partition coefficient (Wildman–Crippen LogP) is 4.17. The smallest absolute Gasteiger partial charge is 0.293 e. The number of hydrogen-bond acceptors (Lipinski definition) is 5. The Morgan fingerprint density at radius 2 is 2.00 bits per heavy atom. The standard InChI is InChI=1S/C19H16FNO4S/c1-2-25-16-9-12(7-8-15(16)22)10-17-18(23)21(19(24)26-17)11-13-5-3-4-6-14(13)20/h3-10,22H,2,11H2,1H3/b17-10+. The summed E-state index contributed by atoms with van der Waals surface area (Å²) >= 11 is 0.798. The van der Waals surface area contributed by atoms with Gasteiger partial charge in [-0.15, -0.1) is 0 Å². The second-order valence-corrected chi connectivity index (χ2v) is 6.51. The van der Waals surface area contributed by atoms with Gasteiger partial charge in [-0.05, 0) is 48.5 Å². The monoisotopic (exact) mass is 373 g/mol. The molecule has 2 aromatic rings. The van der Waals surface area contributed by atoms with E-state index >= 15 is 0 Å². The van der Waals surface area contributed by atoms with Crippen LogP contribution in [0.4, 0.5) is 9.18 Å². The molecule has 2 aromatic carbocycles. The molecule has 1 saturated heterocycles. The molecule has 7 heteroatoms. The lowest BCUT2D eigenvalue weighted by Gasteiger charge is -2.12. The molecule has 26 heavy (non-hydrogen) atoms. The maximum absolute atomic E-state index is 13.8. The summed E-state index contributed by atoms with van der Waals surface area (Å²) in [5.41, 5.74) is 0.891. The summed E-state index contributed by atoms with van der Waals surface area (Å²) in [7, 11) is 0. The van der Waals surface area contributed by atoms with Crippen molar-refractivity contribution in [2.45, 2.75) is 13.5 Å². The molecule has 0 atom stereocenters. The quantitative estimate of drug-likeness (QED) is 0.797. The van der Waals surface area contributed by atoms with Gasteiger partial charge >= 0.3 is 0 Å². The average molecular weight is 373 g/mol. The van der Waals surface area contributed by atoms with Gasteiger partial charge in [-0.3, -0.25) is 14.5 Å². The number of phenols is 1. The van der Waals surface area contributed by atoms with Gasteiger partial charge in [-0.2, -0.15) is 0 Å². The van der Waals surface area contributed by atoms with Crippen LogP contribution in [0.5, 0.6) is 11.5 Å². The number of rotatable bonds is 5. The highest BCUT2D eigenvalue weighted by molar-refractivity contribution is 8.18. The van der Waals surface area contributed by atoms with E-state index in [0.717, 1.165) is 16.7 Å². The predicted molar refractivity (Wildman–Crippen MR) is 97.2 cm³/mol. The fourth-order valence-electron chi connectivity index (χ4n) is 2.48. The third-order valence-electron chi connectivity index (χ3n) is 3.74. The first-order chi connectivity index (χ1) is 12.5. The van der Waals surface area contributed by atoms with E-state index in [9.17, 15) is 19.1 Å². The highest BCUT2D eigenvalue weighted by Gasteiger charge is 2.35. The van der Waals surface area contributed by atoms with E-state index in [0.29, 0.717) is 17.9 Å². The van der Waals surface area contributed by atoms with E-state index in [-0.39, 0.29) is 22.8 Å². The van der Waals surface area contributed by atoms with Crippen molar-refractivity contribution in [2.24, 2.45) is 0 Å². The van der Waals surface area contributed by atoms with Crippen LogP contribution in [-0.2, 0) is 11.3 Å². The molecule has 3 rings (SSSR count). The van der Waals surface area contributed by atoms with Crippen molar-refractivity contribution in [2.75, 3.05) is 6.61 Å². The lowest BCUT2D eigenvalue weighted by molar-refractivity contribution is -0.123. The van der Waals surface area contributed by atoms with E-state index in [2.05, 4.69) is 0 Å². The average Bonchev–Trinajstić information content (AvgIpc) is 2.87. The molecule has 0 aliphatic carbocycles. The van der Waals surface area contributed by atoms with Gasteiger partial charge in [-0.1, -0.05) is 24.3 Å². The number of amides is 2. The molecule has 1 heterocycles. The van der Waals surface area contributed by atoms with E-state index in [1.54, 1.807) is 37.3 Å². The fourth-order valence-corrected chi connectivity index (χ4v) is 3.31. The number of nitrogens with zero attached hydrogens (tertiary/aromatic N) is 1. The van der Waals surface area contributed by atoms with Crippen LogP contribution in [0.3, 0.4) is 0 Å².